The van der Waals surface area contributed by atoms with Crippen molar-refractivity contribution in [2.24, 2.45) is 9.96 Å². The summed E-state index contributed by atoms with van der Waals surface area (Å²) in [5.74, 6) is -2.25. The Kier molecular flexibility index (Phi) is 8.20. The van der Waals surface area contributed by atoms with Crippen LogP contribution in [-0.2, 0) is 14.3 Å². The largest absolute Gasteiger partial charge is 0.466 e. The Labute approximate surface area is 201 Å². The molecule has 0 aliphatic heterocycles. The minimum absolute atomic E-state index is 0.212. The summed E-state index contributed by atoms with van der Waals surface area (Å²) in [5, 5.41) is 6.12. The van der Waals surface area contributed by atoms with E-state index in [0.29, 0.717) is 0 Å². The predicted molar refractivity (Wildman–Crippen MR) is 132 cm³/mol. The van der Waals surface area contributed by atoms with Gasteiger partial charge in [0.05, 0.1) is 19.7 Å². The van der Waals surface area contributed by atoms with Gasteiger partial charge in [-0.2, -0.15) is 18.0 Å². The summed E-state index contributed by atoms with van der Waals surface area (Å²) in [6.07, 6.45) is -4.83. The first-order chi connectivity index (χ1) is 16.7. The second-order valence-electron chi connectivity index (χ2n) is 7.32. The van der Waals surface area contributed by atoms with Crippen LogP contribution in [0, 0.1) is 0 Å². The van der Waals surface area contributed by atoms with Crippen LogP contribution in [0.15, 0.2) is 113 Å². The highest BCUT2D eigenvalue weighted by atomic mass is 31.2. The van der Waals surface area contributed by atoms with Gasteiger partial charge in [-0.25, -0.2) is 4.79 Å². The standard InChI is InChI=1S/C26H22F3N2O3P/c1-19(32)25(23(26(27,28)29)18-24(33)34-2)30-31-35(20-12-6-3-7-13-20,21-14-8-4-9-15-21)22-16-10-5-11-17-22/h3-18H,1-2H3/b23-18-,30-25+. The van der Waals surface area contributed by atoms with Gasteiger partial charge in [-0.05, 0) is 0 Å². The fraction of sp³-hybridized carbons (Fsp3) is 0.115. The highest BCUT2D eigenvalue weighted by Crippen LogP contribution is 2.46. The van der Waals surface area contributed by atoms with Gasteiger partial charge >= 0.3 is 12.1 Å². The van der Waals surface area contributed by atoms with Crippen molar-refractivity contribution in [1.82, 2.24) is 0 Å². The molecule has 0 unspecified atom stereocenters. The second kappa shape index (κ2) is 11.1. The second-order valence-corrected chi connectivity index (χ2v) is 10.3. The molecule has 0 N–H and O–H groups in total. The molecule has 5 nitrogen and oxygen atoms in total. The van der Waals surface area contributed by atoms with Gasteiger partial charge in [0.15, 0.2) is 5.78 Å². The SMILES string of the molecule is COC(=O)/C=C(/C(=N/N=P(c1ccccc1)(c1ccccc1)c1ccccc1)C(C)=O)C(F)(F)F. The molecule has 0 spiro atoms. The summed E-state index contributed by atoms with van der Waals surface area (Å²) in [4.78, 5) is 28.6. The van der Waals surface area contributed by atoms with Crippen LogP contribution in [0.25, 0.3) is 0 Å². The number of allylic oxidation sites excluding steroid dienone is 1. The van der Waals surface area contributed by atoms with Crippen molar-refractivity contribution in [2.75, 3.05) is 7.11 Å². The normalized spacial score (nSPS) is 12.7. The number of esters is 1. The zero-order chi connectivity index (χ0) is 25.5. The summed E-state index contributed by atoms with van der Waals surface area (Å²) in [6, 6.07) is 27.3. The first-order valence-electron chi connectivity index (χ1n) is 10.4. The van der Waals surface area contributed by atoms with E-state index in [1.54, 1.807) is 36.4 Å². The van der Waals surface area contributed by atoms with Crippen molar-refractivity contribution in [2.45, 2.75) is 13.1 Å². The molecular formula is C26H22F3N2O3P. The van der Waals surface area contributed by atoms with Crippen molar-refractivity contribution < 1.29 is 27.5 Å². The van der Waals surface area contributed by atoms with Crippen molar-refractivity contribution in [3.63, 3.8) is 0 Å². The zero-order valence-electron chi connectivity index (χ0n) is 18.9. The molecule has 35 heavy (non-hydrogen) atoms. The topological polar surface area (TPSA) is 68.1 Å². The molecule has 0 bridgehead atoms. The van der Waals surface area contributed by atoms with E-state index in [4.69, 9.17) is 0 Å². The number of ketones is 1. The molecule has 0 aliphatic carbocycles. The van der Waals surface area contributed by atoms with E-state index in [2.05, 4.69) is 14.7 Å². The lowest BCUT2D eigenvalue weighted by Gasteiger charge is -2.25. The Morgan fingerprint density at radius 1 is 0.800 bits per heavy atom. The van der Waals surface area contributed by atoms with Gasteiger partial charge in [0, 0.05) is 28.9 Å². The number of nitrogens with zero attached hydrogens (tertiary/aromatic N) is 2. The smallest absolute Gasteiger partial charge is 0.418 e. The molecule has 0 aliphatic rings. The molecule has 0 fully saturated rings. The fourth-order valence-electron chi connectivity index (χ4n) is 3.42. The van der Waals surface area contributed by atoms with E-state index < -0.39 is 36.3 Å². The van der Waals surface area contributed by atoms with E-state index >= 15 is 0 Å². The summed E-state index contributed by atoms with van der Waals surface area (Å²) in [7, 11) is -2.06. The van der Waals surface area contributed by atoms with Crippen LogP contribution in [0.1, 0.15) is 6.92 Å². The molecular weight excluding hydrogens is 476 g/mol. The number of carbonyl (C=O) groups excluding carboxylic acids is 2. The first-order valence-corrected chi connectivity index (χ1v) is 12.2. The van der Waals surface area contributed by atoms with Gasteiger partial charge in [-0.1, -0.05) is 91.0 Å². The van der Waals surface area contributed by atoms with Crippen LogP contribution in [0.2, 0.25) is 0 Å². The Balaban J connectivity index is 2.46. The summed E-state index contributed by atoms with van der Waals surface area (Å²) in [5.41, 5.74) is -2.50. The van der Waals surface area contributed by atoms with E-state index in [1.807, 2.05) is 54.6 Å². The quantitative estimate of drug-likeness (QED) is 0.155. The van der Waals surface area contributed by atoms with Gasteiger partial charge in [-0.3, -0.25) is 4.79 Å². The number of carbonyl (C=O) groups is 2. The monoisotopic (exact) mass is 498 g/mol. The minimum atomic E-state index is -5.04. The number of ether oxygens (including phenoxy) is 1. The van der Waals surface area contributed by atoms with Crippen LogP contribution in [0.5, 0.6) is 0 Å². The summed E-state index contributed by atoms with van der Waals surface area (Å²) < 4.78 is 46.0. The highest BCUT2D eigenvalue weighted by Gasteiger charge is 2.40. The summed E-state index contributed by atoms with van der Waals surface area (Å²) >= 11 is 0. The molecule has 9 heteroatoms. The number of alkyl halides is 3. The lowest BCUT2D eigenvalue weighted by atomic mass is 10.1. The number of hydrogen-bond donors (Lipinski definition) is 0. The number of Topliss-reactive ketones (excluding diaryl/α,β-unsaturated/α-hetero) is 1. The maximum atomic E-state index is 13.9. The molecule has 0 atom stereocenters. The Morgan fingerprint density at radius 3 is 1.51 bits per heavy atom. The molecule has 0 radical (unpaired) electrons. The predicted octanol–water partition coefficient (Wildman–Crippen LogP) is 4.77. The van der Waals surface area contributed by atoms with Gasteiger partial charge in [0.25, 0.3) is 0 Å². The van der Waals surface area contributed by atoms with E-state index in [9.17, 15) is 22.8 Å². The summed E-state index contributed by atoms with van der Waals surface area (Å²) in [6.45, 7) is 0.943. The third kappa shape index (κ3) is 5.84. The van der Waals surface area contributed by atoms with Gasteiger partial charge in [0.2, 0.25) is 0 Å². The zero-order valence-corrected chi connectivity index (χ0v) is 19.8. The van der Waals surface area contributed by atoms with Crippen LogP contribution in [-0.4, -0.2) is 30.8 Å². The molecule has 0 saturated heterocycles. The lowest BCUT2D eigenvalue weighted by molar-refractivity contribution is -0.135. The van der Waals surface area contributed by atoms with E-state index in [0.717, 1.165) is 29.9 Å². The molecule has 3 rings (SSSR count). The third-order valence-corrected chi connectivity index (χ3v) is 8.52. The number of halogens is 3. The third-order valence-electron chi connectivity index (χ3n) is 5.03. The van der Waals surface area contributed by atoms with Gasteiger partial charge in [0.1, 0.15) is 5.71 Å². The molecule has 180 valence electrons. The van der Waals surface area contributed by atoms with Crippen molar-refractivity contribution >= 4 is 40.4 Å². The number of hydrogen-bond acceptors (Lipinski definition) is 4. The Hall–Kier alpha value is -3.77. The molecule has 3 aromatic rings. The lowest BCUT2D eigenvalue weighted by Crippen LogP contribution is -2.27. The molecule has 3 aromatic carbocycles. The van der Waals surface area contributed by atoms with Crippen LogP contribution in [0.3, 0.4) is 0 Å². The molecule has 0 heterocycles. The number of rotatable bonds is 7. The van der Waals surface area contributed by atoms with Crippen molar-refractivity contribution in [3.05, 3.63) is 103 Å². The molecule has 0 saturated carbocycles. The van der Waals surface area contributed by atoms with Crippen LogP contribution < -0.4 is 15.9 Å². The molecule has 0 amide bonds. The maximum Gasteiger partial charge on any atom is 0.418 e. The fourth-order valence-corrected chi connectivity index (χ4v) is 6.66. The minimum Gasteiger partial charge on any atom is -0.466 e. The average molecular weight is 498 g/mol. The highest BCUT2D eigenvalue weighted by molar-refractivity contribution is 7.87. The maximum absolute atomic E-state index is 13.9. The van der Waals surface area contributed by atoms with Crippen molar-refractivity contribution in [3.8, 4) is 0 Å². The van der Waals surface area contributed by atoms with Crippen LogP contribution >= 0.6 is 7.05 Å². The number of methoxy groups -OCH3 is 1. The number of benzene rings is 3. The first kappa shape index (κ1) is 25.8. The van der Waals surface area contributed by atoms with E-state index in [1.165, 1.54) is 0 Å². The van der Waals surface area contributed by atoms with Gasteiger partial charge in [-0.15, -0.1) is 5.10 Å². The Morgan fingerprint density at radius 2 is 1.20 bits per heavy atom. The van der Waals surface area contributed by atoms with Crippen molar-refractivity contribution in [1.29, 1.82) is 0 Å². The Bertz CT molecular complexity index is 1200. The van der Waals surface area contributed by atoms with Gasteiger partial charge < -0.3 is 4.74 Å². The molecule has 0 aromatic heterocycles. The van der Waals surface area contributed by atoms with E-state index in [-0.39, 0.29) is 6.08 Å². The van der Waals surface area contributed by atoms with Crippen LogP contribution in [0.4, 0.5) is 13.2 Å². The average Bonchev–Trinajstić information content (AvgIpc) is 2.86.